The zero-order valence-electron chi connectivity index (χ0n) is 14.3. The molecule has 3 nitrogen and oxygen atoms in total. The van der Waals surface area contributed by atoms with Gasteiger partial charge < -0.3 is 0 Å². The summed E-state index contributed by atoms with van der Waals surface area (Å²) in [7, 11) is -3.52. The third kappa shape index (κ3) is 6.22. The van der Waals surface area contributed by atoms with Crippen molar-refractivity contribution in [2.75, 3.05) is 24.5 Å². The van der Waals surface area contributed by atoms with Crippen molar-refractivity contribution in [3.05, 3.63) is 40.3 Å². The smallest absolute Gasteiger partial charge is 0.179 e. The molecule has 0 aromatic heterocycles. The molecule has 0 amide bonds. The number of hydrogen-bond donors (Lipinski definition) is 0. The summed E-state index contributed by atoms with van der Waals surface area (Å²) in [5.74, 6) is 0.709. The first-order valence-electron chi connectivity index (χ1n) is 7.09. The minimum absolute atomic E-state index is 0.135. The van der Waals surface area contributed by atoms with Crippen LogP contribution in [0.5, 0.6) is 0 Å². The topological polar surface area (TPSA) is 46.5 Å². The third-order valence-electron chi connectivity index (χ3n) is 2.89. The fourth-order valence-corrected chi connectivity index (χ4v) is 5.80. The molecule has 0 saturated heterocycles. The lowest BCUT2D eigenvalue weighted by molar-refractivity contribution is 0.609. The highest BCUT2D eigenvalue weighted by Gasteiger charge is 2.24. The Balaban J connectivity index is 3.81. The van der Waals surface area contributed by atoms with Crippen LogP contribution in [-0.4, -0.2) is 41.5 Å². The summed E-state index contributed by atoms with van der Waals surface area (Å²) in [5.41, 5.74) is 2.22. The number of thiocarbonyl (C=S) groups is 1. The van der Waals surface area contributed by atoms with E-state index in [9.17, 15) is 8.42 Å². The first-order valence-corrected chi connectivity index (χ1v) is 12.8. The fourth-order valence-electron chi connectivity index (χ4n) is 1.92. The van der Waals surface area contributed by atoms with Gasteiger partial charge in [0, 0.05) is 11.8 Å². The molecule has 0 aliphatic rings. The van der Waals surface area contributed by atoms with E-state index in [1.54, 1.807) is 0 Å². The zero-order valence-corrected chi connectivity index (χ0v) is 18.4. The molecule has 0 bridgehead atoms. The van der Waals surface area contributed by atoms with Gasteiger partial charge in [-0.1, -0.05) is 42.9 Å². The lowest BCUT2D eigenvalue weighted by atomic mass is 10.1. The van der Waals surface area contributed by atoms with Gasteiger partial charge in [-0.15, -0.1) is 35.3 Å². The predicted molar refractivity (Wildman–Crippen MR) is 118 cm³/mol. The molecular weight excluding hydrogens is 399 g/mol. The summed E-state index contributed by atoms with van der Waals surface area (Å²) < 4.78 is 26.1. The molecular formula is C16H21NO2S5. The number of nitrogens with zero attached hydrogens (tertiary/aromatic N) is 1. The van der Waals surface area contributed by atoms with Crippen LogP contribution in [0.2, 0.25) is 0 Å². The summed E-state index contributed by atoms with van der Waals surface area (Å²) in [5, 5.41) is 0. The summed E-state index contributed by atoms with van der Waals surface area (Å²) in [6, 6.07) is 7.66. The highest BCUT2D eigenvalue weighted by molar-refractivity contribution is 8.38. The minimum Gasteiger partial charge on any atom is -0.233 e. The molecule has 24 heavy (non-hydrogen) atoms. The van der Waals surface area contributed by atoms with Crippen LogP contribution in [0.4, 0.5) is 0 Å². The molecule has 0 N–H and O–H groups in total. The van der Waals surface area contributed by atoms with E-state index in [0.717, 1.165) is 15.5 Å². The molecule has 132 valence electrons. The van der Waals surface area contributed by atoms with Crippen molar-refractivity contribution in [3.63, 3.8) is 0 Å². The lowest BCUT2D eigenvalue weighted by Gasteiger charge is -2.13. The minimum atomic E-state index is -3.52. The van der Waals surface area contributed by atoms with Crippen LogP contribution < -0.4 is 0 Å². The van der Waals surface area contributed by atoms with Crippen molar-refractivity contribution in [2.24, 2.45) is 4.99 Å². The van der Waals surface area contributed by atoms with Crippen molar-refractivity contribution in [1.82, 2.24) is 0 Å². The average Bonchev–Trinajstić information content (AvgIpc) is 2.50. The van der Waals surface area contributed by atoms with Crippen LogP contribution in [0.15, 0.2) is 34.2 Å². The first-order chi connectivity index (χ1) is 11.2. The molecule has 0 atom stereocenters. The SMILES string of the molecule is CCSC(=S)/C(=C(\N=C(SC)SC)c1cccc(C)c1)S(C)(=O)=O. The largest absolute Gasteiger partial charge is 0.233 e. The van der Waals surface area contributed by atoms with E-state index in [0.29, 0.717) is 15.6 Å². The first kappa shape index (κ1) is 21.8. The van der Waals surface area contributed by atoms with E-state index in [1.165, 1.54) is 41.5 Å². The molecule has 0 radical (unpaired) electrons. The van der Waals surface area contributed by atoms with Gasteiger partial charge in [-0.2, -0.15) is 0 Å². The van der Waals surface area contributed by atoms with Gasteiger partial charge in [-0.25, -0.2) is 13.4 Å². The number of rotatable bonds is 5. The van der Waals surface area contributed by atoms with Gasteiger partial charge in [0.25, 0.3) is 0 Å². The Morgan fingerprint density at radius 3 is 2.33 bits per heavy atom. The van der Waals surface area contributed by atoms with Gasteiger partial charge >= 0.3 is 0 Å². The Kier molecular flexibility index (Phi) is 9.08. The number of hydrogen-bond acceptors (Lipinski definition) is 7. The molecule has 1 rings (SSSR count). The van der Waals surface area contributed by atoms with E-state index in [2.05, 4.69) is 4.99 Å². The maximum Gasteiger partial charge on any atom is 0.179 e. The van der Waals surface area contributed by atoms with Gasteiger partial charge in [-0.3, -0.25) is 0 Å². The van der Waals surface area contributed by atoms with Crippen LogP contribution in [0.3, 0.4) is 0 Å². The standard InChI is InChI=1S/C16H21NO2S5/c1-6-23-15(20)14(24(5,18)19)13(17-16(21-3)22-4)12-9-7-8-11(2)10-12/h7-10H,6H2,1-5H3/b14-13+. The summed E-state index contributed by atoms with van der Waals surface area (Å²) in [4.78, 5) is 4.77. The van der Waals surface area contributed by atoms with E-state index >= 15 is 0 Å². The van der Waals surface area contributed by atoms with E-state index in [-0.39, 0.29) is 4.91 Å². The predicted octanol–water partition coefficient (Wildman–Crippen LogP) is 4.87. The number of aryl methyl sites for hydroxylation is 1. The van der Waals surface area contributed by atoms with Crippen LogP contribution in [-0.2, 0) is 9.84 Å². The molecule has 1 aromatic rings. The number of thioether (sulfide) groups is 3. The lowest BCUT2D eigenvalue weighted by Crippen LogP contribution is -2.11. The monoisotopic (exact) mass is 419 g/mol. The zero-order chi connectivity index (χ0) is 18.3. The van der Waals surface area contributed by atoms with Crippen molar-refractivity contribution < 1.29 is 8.42 Å². The van der Waals surface area contributed by atoms with Gasteiger partial charge in [0.15, 0.2) is 9.84 Å². The second kappa shape index (κ2) is 10.0. The molecule has 0 fully saturated rings. The number of benzene rings is 1. The van der Waals surface area contributed by atoms with E-state index in [1.807, 2.05) is 50.6 Å². The molecule has 0 aliphatic carbocycles. The van der Waals surface area contributed by atoms with Crippen molar-refractivity contribution in [3.8, 4) is 0 Å². The Hall–Kier alpha value is -0.280. The highest BCUT2D eigenvalue weighted by atomic mass is 32.2. The molecule has 0 unspecified atom stereocenters. The Morgan fingerprint density at radius 1 is 1.25 bits per heavy atom. The normalized spacial score (nSPS) is 12.5. The maximum atomic E-state index is 12.5. The third-order valence-corrected chi connectivity index (χ3v) is 7.48. The Morgan fingerprint density at radius 2 is 1.88 bits per heavy atom. The summed E-state index contributed by atoms with van der Waals surface area (Å²) >= 11 is 9.72. The van der Waals surface area contributed by atoms with Crippen molar-refractivity contribution in [1.29, 1.82) is 0 Å². The molecule has 0 saturated carbocycles. The second-order valence-corrected chi connectivity index (χ2v) is 10.6. The van der Waals surface area contributed by atoms with Crippen molar-refractivity contribution in [2.45, 2.75) is 13.8 Å². The number of sulfone groups is 1. The molecule has 0 spiro atoms. The van der Waals surface area contributed by atoms with Crippen molar-refractivity contribution >= 4 is 71.6 Å². The Labute approximate surface area is 163 Å². The van der Waals surface area contributed by atoms with E-state index < -0.39 is 9.84 Å². The van der Waals surface area contributed by atoms with E-state index in [4.69, 9.17) is 12.2 Å². The maximum absolute atomic E-state index is 12.5. The van der Waals surface area contributed by atoms with Crippen LogP contribution in [0, 0.1) is 6.92 Å². The van der Waals surface area contributed by atoms with Crippen LogP contribution in [0.25, 0.3) is 5.70 Å². The van der Waals surface area contributed by atoms with Gasteiger partial charge in [0.2, 0.25) is 0 Å². The number of aliphatic imine (C=N–C) groups is 1. The quantitative estimate of drug-likeness (QED) is 0.294. The highest BCUT2D eigenvalue weighted by Crippen LogP contribution is 2.31. The molecule has 1 aromatic carbocycles. The molecule has 0 heterocycles. The van der Waals surface area contributed by atoms with Gasteiger partial charge in [-0.05, 0) is 31.3 Å². The fraction of sp³-hybridized carbons (Fsp3) is 0.375. The summed E-state index contributed by atoms with van der Waals surface area (Å²) in [6.07, 6.45) is 5.03. The molecule has 0 aliphatic heterocycles. The van der Waals surface area contributed by atoms with Crippen LogP contribution >= 0.6 is 47.5 Å². The second-order valence-electron chi connectivity index (χ2n) is 4.83. The van der Waals surface area contributed by atoms with Gasteiger partial charge in [0.1, 0.15) is 9.28 Å². The Bertz CT molecular complexity index is 760. The van der Waals surface area contributed by atoms with Crippen LogP contribution in [0.1, 0.15) is 18.1 Å². The summed E-state index contributed by atoms with van der Waals surface area (Å²) in [6.45, 7) is 3.91. The van der Waals surface area contributed by atoms with Gasteiger partial charge in [0.05, 0.1) is 9.89 Å². The average molecular weight is 420 g/mol. The molecule has 8 heteroatoms.